The summed E-state index contributed by atoms with van der Waals surface area (Å²) in [5, 5.41) is 3.04. The summed E-state index contributed by atoms with van der Waals surface area (Å²) in [6, 6.07) is 0. The molecule has 0 bridgehead atoms. The molecule has 0 saturated heterocycles. The normalized spacial score (nSPS) is 16.4. The fourth-order valence-corrected chi connectivity index (χ4v) is 1.96. The summed E-state index contributed by atoms with van der Waals surface area (Å²) in [6.45, 7) is 2.52. The van der Waals surface area contributed by atoms with Crippen LogP contribution in [0.25, 0.3) is 0 Å². The zero-order chi connectivity index (χ0) is 10.8. The third kappa shape index (κ3) is 2.08. The molecule has 5 nitrogen and oxygen atoms in total. The van der Waals surface area contributed by atoms with E-state index >= 15 is 0 Å². The Bertz CT molecular complexity index is 412. The molecule has 2 heterocycles. The molecule has 1 aliphatic rings. The Morgan fingerprint density at radius 3 is 3.13 bits per heavy atom. The molecule has 0 saturated carbocycles. The van der Waals surface area contributed by atoms with Gasteiger partial charge in [0.15, 0.2) is 0 Å². The molecule has 0 amide bonds. The van der Waals surface area contributed by atoms with Gasteiger partial charge in [0.2, 0.25) is 0 Å². The lowest BCUT2D eigenvalue weighted by Crippen LogP contribution is -2.32. The number of aromatic amines is 1. The van der Waals surface area contributed by atoms with Crippen LogP contribution in [0, 0.1) is 0 Å². The first-order valence-corrected chi connectivity index (χ1v) is 5.15. The number of aromatic nitrogens is 2. The first-order valence-electron chi connectivity index (χ1n) is 5.15. The summed E-state index contributed by atoms with van der Waals surface area (Å²) in [5.74, 6) is 0. The number of hydrogen-bond donors (Lipinski definition) is 2. The minimum Gasteiger partial charge on any atom is -0.314 e. The van der Waals surface area contributed by atoms with Crippen LogP contribution in [0.15, 0.2) is 4.79 Å². The predicted octanol–water partition coefficient (Wildman–Crippen LogP) is -0.523. The van der Waals surface area contributed by atoms with Crippen LogP contribution in [0.3, 0.4) is 0 Å². The summed E-state index contributed by atoms with van der Waals surface area (Å²) in [4.78, 5) is 20.4. The first-order chi connectivity index (χ1) is 7.20. The van der Waals surface area contributed by atoms with E-state index in [1.807, 2.05) is 7.05 Å². The topological polar surface area (TPSA) is 61.0 Å². The predicted molar refractivity (Wildman–Crippen MR) is 57.7 cm³/mol. The molecule has 0 radical (unpaired) electrons. The van der Waals surface area contributed by atoms with Gasteiger partial charge in [-0.1, -0.05) is 0 Å². The van der Waals surface area contributed by atoms with Gasteiger partial charge in [0.25, 0.3) is 0 Å². The quantitative estimate of drug-likeness (QED) is 0.686. The van der Waals surface area contributed by atoms with Gasteiger partial charge in [0.1, 0.15) is 0 Å². The van der Waals surface area contributed by atoms with E-state index in [1.54, 1.807) is 0 Å². The smallest absolute Gasteiger partial charge is 0.314 e. The van der Waals surface area contributed by atoms with Crippen LogP contribution in [0.4, 0.5) is 0 Å². The van der Waals surface area contributed by atoms with E-state index in [2.05, 4.69) is 27.2 Å². The van der Waals surface area contributed by atoms with Crippen molar-refractivity contribution in [3.63, 3.8) is 0 Å². The van der Waals surface area contributed by atoms with Gasteiger partial charge in [-0.05, 0) is 14.1 Å². The van der Waals surface area contributed by atoms with Gasteiger partial charge in [-0.2, -0.15) is 4.98 Å². The maximum Gasteiger partial charge on any atom is 0.345 e. The number of fused-ring (bicyclic) bond motifs is 1. The van der Waals surface area contributed by atoms with Gasteiger partial charge in [0, 0.05) is 37.3 Å². The van der Waals surface area contributed by atoms with E-state index in [4.69, 9.17) is 0 Å². The monoisotopic (exact) mass is 208 g/mol. The summed E-state index contributed by atoms with van der Waals surface area (Å²) in [7, 11) is 3.94. The average molecular weight is 208 g/mol. The van der Waals surface area contributed by atoms with Gasteiger partial charge < -0.3 is 15.2 Å². The lowest BCUT2D eigenvalue weighted by molar-refractivity contribution is 0.306. The number of nitrogens with zero attached hydrogens (tertiary/aromatic N) is 2. The molecule has 15 heavy (non-hydrogen) atoms. The van der Waals surface area contributed by atoms with Crippen LogP contribution >= 0.6 is 0 Å². The molecule has 0 spiro atoms. The van der Waals surface area contributed by atoms with Crippen molar-refractivity contribution in [1.82, 2.24) is 20.2 Å². The van der Waals surface area contributed by atoms with Crippen molar-refractivity contribution < 1.29 is 0 Å². The van der Waals surface area contributed by atoms with Gasteiger partial charge in [0.05, 0.1) is 5.69 Å². The molecule has 1 aliphatic heterocycles. The Morgan fingerprint density at radius 2 is 2.40 bits per heavy atom. The number of H-pyrrole nitrogens is 1. The van der Waals surface area contributed by atoms with E-state index in [9.17, 15) is 4.79 Å². The second-order valence-electron chi connectivity index (χ2n) is 3.96. The van der Waals surface area contributed by atoms with Gasteiger partial charge in [-0.3, -0.25) is 0 Å². The molecule has 82 valence electrons. The van der Waals surface area contributed by atoms with Gasteiger partial charge >= 0.3 is 5.69 Å². The number of rotatable bonds is 2. The largest absolute Gasteiger partial charge is 0.345 e. The maximum atomic E-state index is 11.3. The maximum absolute atomic E-state index is 11.3. The third-order valence-electron chi connectivity index (χ3n) is 2.72. The fourth-order valence-electron chi connectivity index (χ4n) is 1.96. The van der Waals surface area contributed by atoms with Gasteiger partial charge in [-0.15, -0.1) is 0 Å². The zero-order valence-corrected chi connectivity index (χ0v) is 9.13. The van der Waals surface area contributed by atoms with E-state index in [0.29, 0.717) is 6.54 Å². The highest BCUT2D eigenvalue weighted by Crippen LogP contribution is 2.16. The molecule has 0 aliphatic carbocycles. The van der Waals surface area contributed by atoms with Crippen molar-refractivity contribution >= 4 is 0 Å². The van der Waals surface area contributed by atoms with Crippen molar-refractivity contribution in [3.8, 4) is 0 Å². The Hall–Kier alpha value is -1.20. The van der Waals surface area contributed by atoms with Crippen molar-refractivity contribution in [2.45, 2.75) is 19.5 Å². The van der Waals surface area contributed by atoms with Crippen LogP contribution < -0.4 is 11.0 Å². The van der Waals surface area contributed by atoms with Crippen molar-refractivity contribution in [3.05, 3.63) is 27.4 Å². The highest BCUT2D eigenvalue weighted by atomic mass is 16.1. The summed E-state index contributed by atoms with van der Waals surface area (Å²) in [6.07, 6.45) is 0.903. The second-order valence-corrected chi connectivity index (χ2v) is 3.96. The highest BCUT2D eigenvalue weighted by molar-refractivity contribution is 5.26. The molecule has 0 aromatic carbocycles. The highest BCUT2D eigenvalue weighted by Gasteiger charge is 2.18. The second kappa shape index (κ2) is 4.12. The van der Waals surface area contributed by atoms with E-state index in [-0.39, 0.29) is 5.69 Å². The molecule has 1 aromatic rings. The zero-order valence-electron chi connectivity index (χ0n) is 9.13. The minimum absolute atomic E-state index is 0.233. The summed E-state index contributed by atoms with van der Waals surface area (Å²) < 4.78 is 0. The summed E-state index contributed by atoms with van der Waals surface area (Å²) in [5.41, 5.74) is 2.88. The molecule has 0 atom stereocenters. The number of hydrogen-bond acceptors (Lipinski definition) is 4. The lowest BCUT2D eigenvalue weighted by Gasteiger charge is -2.25. The Balaban J connectivity index is 2.45. The van der Waals surface area contributed by atoms with Gasteiger partial charge in [-0.25, -0.2) is 4.79 Å². The average Bonchev–Trinajstić information content (AvgIpc) is 2.19. The standard InChI is InChI=1S/C10H16N4O/c1-11-5-9-7-6-14(2)4-3-8(7)12-10(15)13-9/h11H,3-6H2,1-2H3,(H,12,13,15). The van der Waals surface area contributed by atoms with E-state index in [1.165, 1.54) is 5.56 Å². The molecule has 5 heteroatoms. The van der Waals surface area contributed by atoms with Crippen LogP contribution in [0.5, 0.6) is 0 Å². The van der Waals surface area contributed by atoms with Crippen molar-refractivity contribution in [2.24, 2.45) is 0 Å². The summed E-state index contributed by atoms with van der Waals surface area (Å²) >= 11 is 0. The molecule has 2 N–H and O–H groups in total. The van der Waals surface area contributed by atoms with E-state index in [0.717, 1.165) is 30.9 Å². The lowest BCUT2D eigenvalue weighted by atomic mass is 10.0. The third-order valence-corrected chi connectivity index (χ3v) is 2.72. The minimum atomic E-state index is -0.233. The Kier molecular flexibility index (Phi) is 2.83. The fraction of sp³-hybridized carbons (Fsp3) is 0.600. The van der Waals surface area contributed by atoms with Crippen molar-refractivity contribution in [2.75, 3.05) is 20.6 Å². The van der Waals surface area contributed by atoms with E-state index < -0.39 is 0 Å². The van der Waals surface area contributed by atoms with Crippen LogP contribution in [-0.2, 0) is 19.5 Å². The first kappa shape index (κ1) is 10.3. The van der Waals surface area contributed by atoms with Crippen LogP contribution in [0.2, 0.25) is 0 Å². The SMILES string of the molecule is CNCc1nc(=O)[nH]c2c1CN(C)CC2. The molecular weight excluding hydrogens is 192 g/mol. The number of likely N-dealkylation sites (N-methyl/N-ethyl adjacent to an activating group) is 1. The number of nitrogens with one attached hydrogen (secondary N) is 2. The Labute approximate surface area is 88.5 Å². The molecule has 0 fully saturated rings. The van der Waals surface area contributed by atoms with Crippen molar-refractivity contribution in [1.29, 1.82) is 0 Å². The molecular formula is C10H16N4O. The Morgan fingerprint density at radius 1 is 1.60 bits per heavy atom. The molecule has 2 rings (SSSR count). The van der Waals surface area contributed by atoms with Crippen LogP contribution in [0.1, 0.15) is 17.0 Å². The molecule has 0 unspecified atom stereocenters. The molecule has 1 aromatic heterocycles. The van der Waals surface area contributed by atoms with Crippen LogP contribution in [-0.4, -0.2) is 35.5 Å².